The van der Waals surface area contributed by atoms with Gasteiger partial charge in [-0.2, -0.15) is 0 Å². The van der Waals surface area contributed by atoms with Gasteiger partial charge in [-0.3, -0.25) is 4.79 Å². The van der Waals surface area contributed by atoms with Crippen LogP contribution in [0.1, 0.15) is 15.9 Å². The fraction of sp³-hybridized carbons (Fsp3) is 0.286. The summed E-state index contributed by atoms with van der Waals surface area (Å²) < 4.78 is 22.1. The van der Waals surface area contributed by atoms with E-state index in [1.807, 2.05) is 24.3 Å². The van der Waals surface area contributed by atoms with Gasteiger partial charge in [0.2, 0.25) is 0 Å². The summed E-state index contributed by atoms with van der Waals surface area (Å²) in [6, 6.07) is 12.8. The van der Waals surface area contributed by atoms with Gasteiger partial charge in [-0.05, 0) is 48.4 Å². The van der Waals surface area contributed by atoms with E-state index in [2.05, 4.69) is 6.58 Å². The minimum atomic E-state index is 0.422. The molecule has 0 radical (unpaired) electrons. The standard InChI is InChI=1S/C21H24O5/c1-3-4-17-7-10-20(21(15-17)23-2)26-14-12-24-11-13-25-19-8-5-18(16-22)6-9-19/h3,5-10,15-16H,1,4,11-14H2,2H3. The second kappa shape index (κ2) is 10.9. The predicted octanol–water partition coefficient (Wildman–Crippen LogP) is 3.71. The summed E-state index contributed by atoms with van der Waals surface area (Å²) in [6.07, 6.45) is 3.44. The van der Waals surface area contributed by atoms with Crippen molar-refractivity contribution in [3.63, 3.8) is 0 Å². The Hall–Kier alpha value is -2.79. The smallest absolute Gasteiger partial charge is 0.161 e. The van der Waals surface area contributed by atoms with E-state index in [0.717, 1.165) is 18.3 Å². The molecule has 5 nitrogen and oxygen atoms in total. The molecule has 2 aromatic carbocycles. The van der Waals surface area contributed by atoms with E-state index >= 15 is 0 Å². The van der Waals surface area contributed by atoms with Crippen molar-refractivity contribution in [2.45, 2.75) is 6.42 Å². The molecule has 0 aliphatic heterocycles. The van der Waals surface area contributed by atoms with E-state index in [0.29, 0.717) is 49.2 Å². The lowest BCUT2D eigenvalue weighted by atomic mass is 10.1. The van der Waals surface area contributed by atoms with Gasteiger partial charge in [0.25, 0.3) is 0 Å². The fourth-order valence-corrected chi connectivity index (χ4v) is 2.30. The van der Waals surface area contributed by atoms with Gasteiger partial charge in [0.1, 0.15) is 25.2 Å². The normalized spacial score (nSPS) is 10.2. The molecule has 138 valence electrons. The summed E-state index contributed by atoms with van der Waals surface area (Å²) in [7, 11) is 1.62. The number of allylic oxidation sites excluding steroid dienone is 1. The molecule has 5 heteroatoms. The molecule has 0 amide bonds. The minimum absolute atomic E-state index is 0.422. The summed E-state index contributed by atoms with van der Waals surface area (Å²) in [4.78, 5) is 10.6. The first-order valence-corrected chi connectivity index (χ1v) is 8.43. The van der Waals surface area contributed by atoms with Crippen LogP contribution in [0.15, 0.2) is 55.1 Å². The summed E-state index contributed by atoms with van der Waals surface area (Å²) in [5.74, 6) is 2.10. The van der Waals surface area contributed by atoms with Gasteiger partial charge in [0.05, 0.1) is 20.3 Å². The Labute approximate surface area is 154 Å². The third-order valence-corrected chi connectivity index (χ3v) is 3.61. The van der Waals surface area contributed by atoms with Crippen molar-refractivity contribution in [1.82, 2.24) is 0 Å². The van der Waals surface area contributed by atoms with Crippen LogP contribution in [-0.2, 0) is 11.2 Å². The van der Waals surface area contributed by atoms with Crippen LogP contribution in [-0.4, -0.2) is 39.8 Å². The number of carbonyl (C=O) groups is 1. The zero-order valence-corrected chi connectivity index (χ0v) is 15.0. The summed E-state index contributed by atoms with van der Waals surface area (Å²) in [5, 5.41) is 0. The summed E-state index contributed by atoms with van der Waals surface area (Å²) in [5.41, 5.74) is 1.75. The molecule has 0 saturated carbocycles. The number of rotatable bonds is 12. The first-order chi connectivity index (χ1) is 12.8. The van der Waals surface area contributed by atoms with Gasteiger partial charge in [-0.15, -0.1) is 6.58 Å². The number of ether oxygens (including phenoxy) is 4. The Bertz CT molecular complexity index is 694. The van der Waals surface area contributed by atoms with Crippen LogP contribution in [0, 0.1) is 0 Å². The van der Waals surface area contributed by atoms with Crippen molar-refractivity contribution in [2.24, 2.45) is 0 Å². The fourth-order valence-electron chi connectivity index (χ4n) is 2.30. The molecule has 0 saturated heterocycles. The summed E-state index contributed by atoms with van der Waals surface area (Å²) in [6.45, 7) is 5.49. The van der Waals surface area contributed by atoms with Crippen LogP contribution in [0.3, 0.4) is 0 Å². The lowest BCUT2D eigenvalue weighted by Gasteiger charge is -2.12. The Balaban J connectivity index is 1.64. The quantitative estimate of drug-likeness (QED) is 0.330. The van der Waals surface area contributed by atoms with Crippen LogP contribution in [0.25, 0.3) is 0 Å². The molecule has 0 aliphatic rings. The van der Waals surface area contributed by atoms with E-state index in [9.17, 15) is 4.79 Å². The average molecular weight is 356 g/mol. The highest BCUT2D eigenvalue weighted by Gasteiger charge is 2.05. The zero-order valence-electron chi connectivity index (χ0n) is 15.0. The molecule has 26 heavy (non-hydrogen) atoms. The van der Waals surface area contributed by atoms with Gasteiger partial charge in [0.15, 0.2) is 11.5 Å². The lowest BCUT2D eigenvalue weighted by molar-refractivity contribution is 0.0757. The molecule has 0 atom stereocenters. The number of hydrogen-bond acceptors (Lipinski definition) is 5. The molecule has 0 N–H and O–H groups in total. The third-order valence-electron chi connectivity index (χ3n) is 3.61. The first kappa shape index (κ1) is 19.5. The number of methoxy groups -OCH3 is 1. The highest BCUT2D eigenvalue weighted by molar-refractivity contribution is 5.74. The second-order valence-electron chi connectivity index (χ2n) is 5.47. The van der Waals surface area contributed by atoms with Crippen molar-refractivity contribution in [1.29, 1.82) is 0 Å². The van der Waals surface area contributed by atoms with Crippen LogP contribution in [0.5, 0.6) is 17.2 Å². The Morgan fingerprint density at radius 2 is 1.65 bits per heavy atom. The number of aldehydes is 1. The predicted molar refractivity (Wildman–Crippen MR) is 101 cm³/mol. The largest absolute Gasteiger partial charge is 0.493 e. The maximum atomic E-state index is 10.6. The van der Waals surface area contributed by atoms with Crippen LogP contribution in [0.2, 0.25) is 0 Å². The van der Waals surface area contributed by atoms with Crippen LogP contribution < -0.4 is 14.2 Å². The van der Waals surface area contributed by atoms with E-state index in [-0.39, 0.29) is 0 Å². The second-order valence-corrected chi connectivity index (χ2v) is 5.47. The number of carbonyl (C=O) groups excluding carboxylic acids is 1. The van der Waals surface area contributed by atoms with Gasteiger partial charge in [-0.1, -0.05) is 12.1 Å². The highest BCUT2D eigenvalue weighted by Crippen LogP contribution is 2.28. The highest BCUT2D eigenvalue weighted by atomic mass is 16.6. The van der Waals surface area contributed by atoms with Gasteiger partial charge in [-0.25, -0.2) is 0 Å². The van der Waals surface area contributed by atoms with E-state index in [4.69, 9.17) is 18.9 Å². The van der Waals surface area contributed by atoms with Crippen LogP contribution >= 0.6 is 0 Å². The Morgan fingerprint density at radius 1 is 0.923 bits per heavy atom. The SMILES string of the molecule is C=CCc1ccc(OCCOCCOc2ccc(C=O)cc2)c(OC)c1. The third kappa shape index (κ3) is 6.26. The Kier molecular flexibility index (Phi) is 8.23. The van der Waals surface area contributed by atoms with Crippen molar-refractivity contribution >= 4 is 6.29 Å². The number of benzene rings is 2. The van der Waals surface area contributed by atoms with E-state index < -0.39 is 0 Å². The van der Waals surface area contributed by atoms with Gasteiger partial charge < -0.3 is 18.9 Å². The van der Waals surface area contributed by atoms with Crippen molar-refractivity contribution in [2.75, 3.05) is 33.5 Å². The van der Waals surface area contributed by atoms with E-state index in [1.165, 1.54) is 0 Å². The molecule has 0 heterocycles. The molecule has 0 fully saturated rings. The average Bonchev–Trinajstić information content (AvgIpc) is 2.68. The summed E-state index contributed by atoms with van der Waals surface area (Å²) >= 11 is 0. The molecular weight excluding hydrogens is 332 g/mol. The molecule has 0 spiro atoms. The molecule has 2 aromatic rings. The topological polar surface area (TPSA) is 54.0 Å². The van der Waals surface area contributed by atoms with Crippen LogP contribution in [0.4, 0.5) is 0 Å². The van der Waals surface area contributed by atoms with E-state index in [1.54, 1.807) is 31.4 Å². The molecule has 0 aromatic heterocycles. The molecule has 0 unspecified atom stereocenters. The molecular formula is C21H24O5. The molecule has 2 rings (SSSR count). The molecule has 0 aliphatic carbocycles. The monoisotopic (exact) mass is 356 g/mol. The molecule has 0 bridgehead atoms. The first-order valence-electron chi connectivity index (χ1n) is 8.43. The maximum Gasteiger partial charge on any atom is 0.161 e. The van der Waals surface area contributed by atoms with Crippen molar-refractivity contribution in [3.8, 4) is 17.2 Å². The van der Waals surface area contributed by atoms with Crippen molar-refractivity contribution < 1.29 is 23.7 Å². The maximum absolute atomic E-state index is 10.6. The zero-order chi connectivity index (χ0) is 18.6. The lowest BCUT2D eigenvalue weighted by Crippen LogP contribution is -2.12. The van der Waals surface area contributed by atoms with Gasteiger partial charge in [0, 0.05) is 5.56 Å². The number of hydrogen-bond donors (Lipinski definition) is 0. The Morgan fingerprint density at radius 3 is 2.31 bits per heavy atom. The van der Waals surface area contributed by atoms with Crippen molar-refractivity contribution in [3.05, 3.63) is 66.2 Å². The minimum Gasteiger partial charge on any atom is -0.493 e. The van der Waals surface area contributed by atoms with Gasteiger partial charge >= 0.3 is 0 Å².